The van der Waals surface area contributed by atoms with Crippen LogP contribution in [0.15, 0.2) is 17.8 Å². The van der Waals surface area contributed by atoms with Crippen molar-refractivity contribution in [1.29, 1.82) is 0 Å². The van der Waals surface area contributed by atoms with Crippen molar-refractivity contribution < 1.29 is 33.6 Å². The quantitative estimate of drug-likeness (QED) is 0.180. The molecule has 0 amide bonds. The molecule has 0 aliphatic carbocycles. The SMILES string of the molecule is C#CC1CCOC1COC(CC=C)(C(=O)OCC)C(=O)OCC.CC.CC(C)(O)N=O. The summed E-state index contributed by atoms with van der Waals surface area (Å²) in [7, 11) is 0. The zero-order valence-electron chi connectivity index (χ0n) is 19.5. The Morgan fingerprint density at radius 2 is 1.74 bits per heavy atom. The second-order valence-electron chi connectivity index (χ2n) is 6.63. The summed E-state index contributed by atoms with van der Waals surface area (Å²) >= 11 is 0. The largest absolute Gasteiger partial charge is 0.463 e. The van der Waals surface area contributed by atoms with Crippen LogP contribution in [0, 0.1) is 23.2 Å². The Morgan fingerprint density at radius 3 is 2.10 bits per heavy atom. The molecule has 2 atom stereocenters. The number of nitroso groups, excluding NO2 is 1. The van der Waals surface area contributed by atoms with Gasteiger partial charge in [-0.25, -0.2) is 9.59 Å². The van der Waals surface area contributed by atoms with Crippen LogP contribution in [0.2, 0.25) is 0 Å². The van der Waals surface area contributed by atoms with E-state index in [1.54, 1.807) is 13.8 Å². The number of nitrogens with zero attached hydrogens (tertiary/aromatic N) is 1. The molecule has 0 aromatic rings. The molecular weight excluding hydrogens is 406 g/mol. The minimum atomic E-state index is -1.88. The molecule has 178 valence electrons. The molecule has 1 aliphatic rings. The van der Waals surface area contributed by atoms with Gasteiger partial charge in [-0.2, -0.15) is 0 Å². The highest BCUT2D eigenvalue weighted by Gasteiger charge is 2.50. The van der Waals surface area contributed by atoms with Crippen molar-refractivity contribution in [2.24, 2.45) is 11.1 Å². The monoisotopic (exact) mass is 443 g/mol. The van der Waals surface area contributed by atoms with Gasteiger partial charge in [0.1, 0.15) is 0 Å². The highest BCUT2D eigenvalue weighted by atomic mass is 16.6. The Balaban J connectivity index is 0. The third-order valence-corrected chi connectivity index (χ3v) is 3.78. The van der Waals surface area contributed by atoms with E-state index in [9.17, 15) is 14.5 Å². The third-order valence-electron chi connectivity index (χ3n) is 3.78. The molecule has 1 rings (SSSR count). The fourth-order valence-corrected chi connectivity index (χ4v) is 2.35. The van der Waals surface area contributed by atoms with Crippen LogP contribution >= 0.6 is 0 Å². The van der Waals surface area contributed by atoms with Crippen LogP contribution in [0.5, 0.6) is 0 Å². The molecule has 0 radical (unpaired) electrons. The van der Waals surface area contributed by atoms with Crippen molar-refractivity contribution >= 4 is 11.9 Å². The zero-order valence-corrected chi connectivity index (χ0v) is 19.5. The third kappa shape index (κ3) is 11.1. The predicted molar refractivity (Wildman–Crippen MR) is 117 cm³/mol. The summed E-state index contributed by atoms with van der Waals surface area (Å²) in [6.45, 7) is 14.3. The van der Waals surface area contributed by atoms with Gasteiger partial charge in [0.2, 0.25) is 0 Å². The molecule has 0 saturated carbocycles. The molecule has 1 saturated heterocycles. The average molecular weight is 444 g/mol. The van der Waals surface area contributed by atoms with Crippen molar-refractivity contribution in [2.45, 2.75) is 71.8 Å². The van der Waals surface area contributed by atoms with Gasteiger partial charge in [-0.3, -0.25) is 0 Å². The lowest BCUT2D eigenvalue weighted by molar-refractivity contribution is -0.194. The van der Waals surface area contributed by atoms with Gasteiger partial charge in [0.05, 0.1) is 31.8 Å². The van der Waals surface area contributed by atoms with E-state index >= 15 is 0 Å². The number of ether oxygens (including phenoxy) is 4. The van der Waals surface area contributed by atoms with Gasteiger partial charge in [0.25, 0.3) is 5.60 Å². The molecule has 1 fully saturated rings. The van der Waals surface area contributed by atoms with Crippen LogP contribution in [0.25, 0.3) is 0 Å². The zero-order chi connectivity index (χ0) is 24.5. The van der Waals surface area contributed by atoms with E-state index < -0.39 is 23.3 Å². The fourth-order valence-electron chi connectivity index (χ4n) is 2.35. The first kappa shape index (κ1) is 30.9. The first-order valence-electron chi connectivity index (χ1n) is 10.4. The molecule has 1 heterocycles. The minimum absolute atomic E-state index is 0.000333. The number of hydrogen-bond donors (Lipinski definition) is 1. The normalized spacial score (nSPS) is 17.6. The van der Waals surface area contributed by atoms with Crippen molar-refractivity contribution in [3.8, 4) is 12.3 Å². The maximum atomic E-state index is 12.4. The second kappa shape index (κ2) is 16.4. The van der Waals surface area contributed by atoms with Crippen molar-refractivity contribution in [3.63, 3.8) is 0 Å². The van der Waals surface area contributed by atoms with Gasteiger partial charge in [-0.05, 0) is 39.3 Å². The summed E-state index contributed by atoms with van der Waals surface area (Å²) in [6.07, 6.45) is 7.17. The maximum Gasteiger partial charge on any atom is 0.350 e. The molecule has 1 N–H and O–H groups in total. The Kier molecular flexibility index (Phi) is 16.4. The molecule has 0 spiro atoms. The topological polar surface area (TPSA) is 121 Å². The van der Waals surface area contributed by atoms with E-state index in [0.717, 1.165) is 6.42 Å². The number of carbonyl (C=O) groups excluding carboxylic acids is 2. The minimum Gasteiger partial charge on any atom is -0.463 e. The highest BCUT2D eigenvalue weighted by molar-refractivity contribution is 6.03. The Bertz CT molecular complexity index is 573. The first-order valence-corrected chi connectivity index (χ1v) is 10.4. The molecular formula is C22H37NO8. The second-order valence-corrected chi connectivity index (χ2v) is 6.63. The summed E-state index contributed by atoms with van der Waals surface area (Å²) in [6, 6.07) is 0. The van der Waals surface area contributed by atoms with Gasteiger partial charge in [0, 0.05) is 13.0 Å². The van der Waals surface area contributed by atoms with Crippen molar-refractivity contribution in [2.75, 3.05) is 26.4 Å². The van der Waals surface area contributed by atoms with Crippen LogP contribution in [0.3, 0.4) is 0 Å². The summed E-state index contributed by atoms with van der Waals surface area (Å²) in [5.41, 5.74) is -3.27. The smallest absolute Gasteiger partial charge is 0.350 e. The van der Waals surface area contributed by atoms with Crippen LogP contribution < -0.4 is 0 Å². The van der Waals surface area contributed by atoms with E-state index in [-0.39, 0.29) is 38.3 Å². The molecule has 9 heteroatoms. The van der Waals surface area contributed by atoms with Crippen LogP contribution in [0.1, 0.15) is 54.4 Å². The number of carbonyl (C=O) groups is 2. The molecule has 0 aromatic heterocycles. The van der Waals surface area contributed by atoms with Gasteiger partial charge in [-0.1, -0.05) is 19.9 Å². The average Bonchev–Trinajstić information content (AvgIpc) is 3.20. The molecule has 2 unspecified atom stereocenters. The van der Waals surface area contributed by atoms with Crippen LogP contribution in [-0.4, -0.2) is 60.9 Å². The molecule has 9 nitrogen and oxygen atoms in total. The molecule has 1 aliphatic heterocycles. The molecule has 0 bridgehead atoms. The summed E-state index contributed by atoms with van der Waals surface area (Å²) in [5, 5.41) is 10.7. The fraction of sp³-hybridized carbons (Fsp3) is 0.727. The number of hydrogen-bond acceptors (Lipinski definition) is 9. The standard InChI is InChI=1S/C17H24O6.C3H7NO2.C2H6/c1-5-10-17(15(18)20-7-3,16(19)21-8-4)23-12-14-13(6-2)9-11-22-14;1-3(2,5)4-6;1-2/h2,5,13-14H,1,7-12H2,3-4H3;5H,1-2H3;1-2H3. The van der Waals surface area contributed by atoms with Gasteiger partial charge < -0.3 is 24.1 Å². The number of terminal acetylenes is 1. The van der Waals surface area contributed by atoms with Crippen molar-refractivity contribution in [3.05, 3.63) is 17.6 Å². The Morgan fingerprint density at radius 1 is 1.26 bits per heavy atom. The van der Waals surface area contributed by atoms with E-state index in [4.69, 9.17) is 30.5 Å². The van der Waals surface area contributed by atoms with Gasteiger partial charge in [-0.15, -0.1) is 23.8 Å². The number of aliphatic hydroxyl groups is 1. The predicted octanol–water partition coefficient (Wildman–Crippen LogP) is 2.99. The lowest BCUT2D eigenvalue weighted by Crippen LogP contribution is -2.52. The van der Waals surface area contributed by atoms with Crippen molar-refractivity contribution in [1.82, 2.24) is 0 Å². The van der Waals surface area contributed by atoms with E-state index in [1.165, 1.54) is 19.9 Å². The van der Waals surface area contributed by atoms with Gasteiger partial charge >= 0.3 is 11.9 Å². The maximum absolute atomic E-state index is 12.4. The molecule has 31 heavy (non-hydrogen) atoms. The summed E-state index contributed by atoms with van der Waals surface area (Å²) < 4.78 is 21.2. The first-order chi connectivity index (χ1) is 14.6. The Labute approximate surface area is 185 Å². The number of rotatable bonds is 10. The Hall–Kier alpha value is -2.28. The van der Waals surface area contributed by atoms with E-state index in [1.807, 2.05) is 13.8 Å². The van der Waals surface area contributed by atoms with E-state index in [0.29, 0.717) is 6.61 Å². The number of esters is 2. The van der Waals surface area contributed by atoms with E-state index in [2.05, 4.69) is 17.7 Å². The van der Waals surface area contributed by atoms with Crippen LogP contribution in [-0.2, 0) is 28.5 Å². The highest BCUT2D eigenvalue weighted by Crippen LogP contribution is 2.26. The van der Waals surface area contributed by atoms with Gasteiger partial charge in [0.15, 0.2) is 5.72 Å². The summed E-state index contributed by atoms with van der Waals surface area (Å²) in [5.74, 6) is 0.928. The molecule has 0 aromatic carbocycles. The lowest BCUT2D eigenvalue weighted by atomic mass is 9.98. The van der Waals surface area contributed by atoms with Crippen LogP contribution in [0.4, 0.5) is 0 Å². The summed E-state index contributed by atoms with van der Waals surface area (Å²) in [4.78, 5) is 34.0. The lowest BCUT2D eigenvalue weighted by Gasteiger charge is -2.29.